The normalized spacial score (nSPS) is 16.3. The first-order valence-electron chi connectivity index (χ1n) is 9.92. The second kappa shape index (κ2) is 10.4. The van der Waals surface area contributed by atoms with Crippen LogP contribution in [0, 0.1) is 31.1 Å². The van der Waals surface area contributed by atoms with Crippen molar-refractivity contribution in [1.82, 2.24) is 20.0 Å². The average molecular weight is 376 g/mol. The van der Waals surface area contributed by atoms with Crippen LogP contribution in [0.3, 0.4) is 0 Å². The van der Waals surface area contributed by atoms with Crippen molar-refractivity contribution in [3.63, 3.8) is 0 Å². The Labute approximate surface area is 162 Å². The Morgan fingerprint density at radius 3 is 2.67 bits per heavy atom. The van der Waals surface area contributed by atoms with E-state index in [-0.39, 0.29) is 5.91 Å². The minimum Gasteiger partial charge on any atom is -0.379 e. The van der Waals surface area contributed by atoms with Gasteiger partial charge in [-0.2, -0.15) is 10.4 Å². The van der Waals surface area contributed by atoms with Gasteiger partial charge in [-0.3, -0.25) is 14.4 Å². The Hall–Kier alpha value is -1.91. The van der Waals surface area contributed by atoms with Gasteiger partial charge in [0.2, 0.25) is 5.91 Å². The second-order valence-electron chi connectivity index (χ2n) is 7.54. The number of hydrogen-bond donors (Lipinski definition) is 1. The van der Waals surface area contributed by atoms with E-state index < -0.39 is 0 Å². The molecule has 2 heterocycles. The topological polar surface area (TPSA) is 83.2 Å². The summed E-state index contributed by atoms with van der Waals surface area (Å²) >= 11 is 0. The van der Waals surface area contributed by atoms with E-state index in [1.54, 1.807) is 0 Å². The van der Waals surface area contributed by atoms with Gasteiger partial charge >= 0.3 is 0 Å². The van der Waals surface area contributed by atoms with Crippen molar-refractivity contribution in [3.05, 3.63) is 17.0 Å². The number of morpholine rings is 1. The molecule has 1 amide bonds. The highest BCUT2D eigenvalue weighted by Crippen LogP contribution is 2.16. The number of rotatable bonds is 9. The van der Waals surface area contributed by atoms with Gasteiger partial charge in [0.25, 0.3) is 0 Å². The van der Waals surface area contributed by atoms with Crippen molar-refractivity contribution in [2.45, 2.75) is 59.5 Å². The van der Waals surface area contributed by atoms with E-state index in [0.29, 0.717) is 44.3 Å². The first-order chi connectivity index (χ1) is 12.9. The van der Waals surface area contributed by atoms with Crippen LogP contribution >= 0.6 is 0 Å². The van der Waals surface area contributed by atoms with Gasteiger partial charge in [-0.1, -0.05) is 13.8 Å². The maximum Gasteiger partial charge on any atom is 0.220 e. The molecule has 0 saturated carbocycles. The lowest BCUT2D eigenvalue weighted by molar-refractivity contribution is -0.121. The lowest BCUT2D eigenvalue weighted by atomic mass is 10.0. The maximum atomic E-state index is 12.4. The summed E-state index contributed by atoms with van der Waals surface area (Å²) in [5.74, 6) is 0.559. The summed E-state index contributed by atoms with van der Waals surface area (Å²) in [5.41, 5.74) is 3.13. The molecule has 150 valence electrons. The van der Waals surface area contributed by atoms with Gasteiger partial charge in [0, 0.05) is 37.8 Å². The maximum absolute atomic E-state index is 12.4. The van der Waals surface area contributed by atoms with E-state index in [4.69, 9.17) is 10.00 Å². The molecule has 1 saturated heterocycles. The highest BCUT2D eigenvalue weighted by Gasteiger charge is 2.24. The summed E-state index contributed by atoms with van der Waals surface area (Å²) in [7, 11) is 0. The van der Waals surface area contributed by atoms with Crippen molar-refractivity contribution in [3.8, 4) is 6.07 Å². The number of nitriles is 1. The fraction of sp³-hybridized carbons (Fsp3) is 0.750. The smallest absolute Gasteiger partial charge is 0.220 e. The molecule has 1 unspecified atom stereocenters. The number of nitrogens with one attached hydrogen (secondary N) is 1. The number of hydrogen-bond acceptors (Lipinski definition) is 5. The summed E-state index contributed by atoms with van der Waals surface area (Å²) in [6.07, 6.45) is 1.58. The van der Waals surface area contributed by atoms with Crippen LogP contribution in [0.1, 0.15) is 43.6 Å². The highest BCUT2D eigenvalue weighted by atomic mass is 16.5. The third-order valence-corrected chi connectivity index (χ3v) is 5.36. The lowest BCUT2D eigenvalue weighted by Gasteiger charge is -2.36. The third-order valence-electron chi connectivity index (χ3n) is 5.36. The van der Waals surface area contributed by atoms with E-state index in [0.717, 1.165) is 43.3 Å². The van der Waals surface area contributed by atoms with Gasteiger partial charge in [-0.15, -0.1) is 0 Å². The molecule has 7 heteroatoms. The zero-order chi connectivity index (χ0) is 19.8. The molecule has 0 spiro atoms. The van der Waals surface area contributed by atoms with Gasteiger partial charge in [-0.25, -0.2) is 0 Å². The van der Waals surface area contributed by atoms with Crippen LogP contribution in [0.25, 0.3) is 0 Å². The van der Waals surface area contributed by atoms with Crippen molar-refractivity contribution in [2.75, 3.05) is 32.8 Å². The Bertz CT molecular complexity index is 656. The van der Waals surface area contributed by atoms with Crippen LogP contribution in [0.15, 0.2) is 0 Å². The Kier molecular flexibility index (Phi) is 8.26. The first-order valence-corrected chi connectivity index (χ1v) is 9.92. The largest absolute Gasteiger partial charge is 0.379 e. The number of aromatic nitrogens is 2. The third kappa shape index (κ3) is 6.05. The number of ether oxygens (including phenoxy) is 1. The van der Waals surface area contributed by atoms with Crippen molar-refractivity contribution in [2.24, 2.45) is 5.92 Å². The molecule has 0 aromatic carbocycles. The molecule has 1 atom stereocenters. The van der Waals surface area contributed by atoms with Gasteiger partial charge < -0.3 is 10.1 Å². The Morgan fingerprint density at radius 2 is 2.04 bits per heavy atom. The molecular formula is C20H33N5O2. The fourth-order valence-corrected chi connectivity index (χ4v) is 3.71. The van der Waals surface area contributed by atoms with Gasteiger partial charge in [-0.05, 0) is 31.7 Å². The lowest BCUT2D eigenvalue weighted by Crippen LogP contribution is -2.51. The van der Waals surface area contributed by atoms with Crippen LogP contribution in [0.5, 0.6) is 0 Å². The summed E-state index contributed by atoms with van der Waals surface area (Å²) in [6, 6.07) is 2.49. The molecule has 1 aromatic rings. The van der Waals surface area contributed by atoms with Crippen LogP contribution in [-0.2, 0) is 22.5 Å². The molecule has 2 rings (SSSR count). The van der Waals surface area contributed by atoms with E-state index in [1.807, 2.05) is 18.5 Å². The molecule has 0 radical (unpaired) electrons. The highest BCUT2D eigenvalue weighted by molar-refractivity contribution is 5.76. The molecule has 1 aromatic heterocycles. The van der Waals surface area contributed by atoms with Crippen LogP contribution in [0.2, 0.25) is 0 Å². The predicted molar refractivity (Wildman–Crippen MR) is 104 cm³/mol. The van der Waals surface area contributed by atoms with Gasteiger partial charge in [0.1, 0.15) is 0 Å². The fourth-order valence-electron chi connectivity index (χ4n) is 3.71. The van der Waals surface area contributed by atoms with Gasteiger partial charge in [0.15, 0.2) is 0 Å². The molecular weight excluding hydrogens is 342 g/mol. The number of aryl methyl sites for hydroxylation is 2. The SMILES string of the molecule is Cc1nn(CCC#N)c(C)c1CCC(=O)NCC(C(C)C)N1CCOCC1. The Morgan fingerprint density at radius 1 is 1.33 bits per heavy atom. The van der Waals surface area contributed by atoms with E-state index in [2.05, 4.69) is 35.2 Å². The minimum atomic E-state index is 0.0810. The average Bonchev–Trinajstić information content (AvgIpc) is 2.92. The van der Waals surface area contributed by atoms with Crippen LogP contribution in [-0.4, -0.2) is 59.5 Å². The molecule has 27 heavy (non-hydrogen) atoms. The molecule has 1 aliphatic rings. The second-order valence-corrected chi connectivity index (χ2v) is 7.54. The number of nitrogens with zero attached hydrogens (tertiary/aromatic N) is 4. The summed E-state index contributed by atoms with van der Waals surface area (Å²) in [5, 5.41) is 16.4. The number of carbonyl (C=O) groups excluding carboxylic acids is 1. The Balaban J connectivity index is 1.85. The zero-order valence-electron chi connectivity index (χ0n) is 17.1. The molecule has 1 fully saturated rings. The number of carbonyl (C=O) groups is 1. The zero-order valence-corrected chi connectivity index (χ0v) is 17.1. The molecule has 0 aliphatic carbocycles. The predicted octanol–water partition coefficient (Wildman–Crippen LogP) is 1.82. The molecule has 0 bridgehead atoms. The summed E-state index contributed by atoms with van der Waals surface area (Å²) in [6.45, 7) is 13.1. The van der Waals surface area contributed by atoms with Crippen LogP contribution in [0.4, 0.5) is 0 Å². The van der Waals surface area contributed by atoms with Crippen molar-refractivity contribution < 1.29 is 9.53 Å². The minimum absolute atomic E-state index is 0.0810. The molecule has 7 nitrogen and oxygen atoms in total. The van der Waals surface area contributed by atoms with E-state index in [9.17, 15) is 4.79 Å². The monoisotopic (exact) mass is 375 g/mol. The van der Waals surface area contributed by atoms with Crippen molar-refractivity contribution >= 4 is 5.91 Å². The van der Waals surface area contributed by atoms with Crippen LogP contribution < -0.4 is 5.32 Å². The standard InChI is InChI=1S/C20H33N5O2/c1-15(2)19(24-10-12-27-13-11-24)14-22-20(26)7-6-18-16(3)23-25(17(18)4)9-5-8-21/h15,19H,5-7,9-14H2,1-4H3,(H,22,26). The van der Waals surface area contributed by atoms with E-state index in [1.165, 1.54) is 0 Å². The quantitative estimate of drug-likeness (QED) is 0.712. The number of amides is 1. The first kappa shape index (κ1) is 21.4. The van der Waals surface area contributed by atoms with Crippen molar-refractivity contribution in [1.29, 1.82) is 5.26 Å². The summed E-state index contributed by atoms with van der Waals surface area (Å²) < 4.78 is 7.31. The van der Waals surface area contributed by atoms with E-state index >= 15 is 0 Å². The molecule has 1 N–H and O–H groups in total. The summed E-state index contributed by atoms with van der Waals surface area (Å²) in [4.78, 5) is 14.8. The van der Waals surface area contributed by atoms with Gasteiger partial charge in [0.05, 0.1) is 37.9 Å². The molecule has 1 aliphatic heterocycles.